The lowest BCUT2D eigenvalue weighted by Gasteiger charge is -2.21. The van der Waals surface area contributed by atoms with Gasteiger partial charge in [0.05, 0.1) is 22.6 Å². The third-order valence-corrected chi connectivity index (χ3v) is 5.81. The molecule has 102 valence electrons. The Labute approximate surface area is 113 Å². The van der Waals surface area contributed by atoms with Gasteiger partial charge in [-0.2, -0.15) is 5.26 Å². The Morgan fingerprint density at radius 2 is 1.95 bits per heavy atom. The van der Waals surface area contributed by atoms with Gasteiger partial charge >= 0.3 is 0 Å². The van der Waals surface area contributed by atoms with Gasteiger partial charge in [0, 0.05) is 0 Å². The maximum absolute atomic E-state index is 13.2. The molecule has 1 aromatic carbocycles. The van der Waals surface area contributed by atoms with Crippen molar-refractivity contribution in [3.63, 3.8) is 0 Å². The first-order chi connectivity index (χ1) is 9.03. The molecule has 1 saturated carbocycles. The third-order valence-electron chi connectivity index (χ3n) is 3.60. The molecule has 2 rings (SSSR count). The van der Waals surface area contributed by atoms with Crippen molar-refractivity contribution in [3.8, 4) is 6.07 Å². The van der Waals surface area contributed by atoms with Crippen LogP contribution in [0.25, 0.3) is 0 Å². The van der Waals surface area contributed by atoms with Crippen LogP contribution in [0.2, 0.25) is 0 Å². The SMILES string of the molecule is N#Cc1ccc(F)cc1CS(=O)(=O)C1CCCCC1. The molecule has 1 aliphatic rings. The van der Waals surface area contributed by atoms with Crippen LogP contribution in [0.15, 0.2) is 18.2 Å². The zero-order valence-electron chi connectivity index (χ0n) is 10.6. The molecule has 0 amide bonds. The van der Waals surface area contributed by atoms with Crippen molar-refractivity contribution in [1.29, 1.82) is 5.26 Å². The monoisotopic (exact) mass is 281 g/mol. The lowest BCUT2D eigenvalue weighted by atomic mass is 10.0. The Balaban J connectivity index is 2.25. The number of hydrogen-bond donors (Lipinski definition) is 0. The van der Waals surface area contributed by atoms with E-state index < -0.39 is 15.7 Å². The van der Waals surface area contributed by atoms with Gasteiger partial charge in [0.1, 0.15) is 5.82 Å². The normalized spacial score (nSPS) is 17.1. The second kappa shape index (κ2) is 5.70. The molecule has 0 unspecified atom stereocenters. The van der Waals surface area contributed by atoms with E-state index in [4.69, 9.17) is 5.26 Å². The van der Waals surface area contributed by atoms with Gasteiger partial charge in [-0.3, -0.25) is 0 Å². The summed E-state index contributed by atoms with van der Waals surface area (Å²) in [6, 6.07) is 5.58. The van der Waals surface area contributed by atoms with Crippen LogP contribution in [0.5, 0.6) is 0 Å². The number of halogens is 1. The molecule has 0 N–H and O–H groups in total. The van der Waals surface area contributed by atoms with Crippen LogP contribution in [-0.4, -0.2) is 13.7 Å². The molecule has 19 heavy (non-hydrogen) atoms. The fourth-order valence-electron chi connectivity index (χ4n) is 2.55. The first-order valence-corrected chi connectivity index (χ1v) is 8.14. The van der Waals surface area contributed by atoms with E-state index in [1.165, 1.54) is 12.1 Å². The molecule has 0 spiro atoms. The molecule has 5 heteroatoms. The second-order valence-corrected chi connectivity index (χ2v) is 7.26. The van der Waals surface area contributed by atoms with Gasteiger partial charge in [0.15, 0.2) is 9.84 Å². The fourth-order valence-corrected chi connectivity index (χ4v) is 4.51. The van der Waals surface area contributed by atoms with Crippen LogP contribution >= 0.6 is 0 Å². The summed E-state index contributed by atoms with van der Waals surface area (Å²) in [5, 5.41) is 8.61. The highest BCUT2D eigenvalue weighted by Gasteiger charge is 2.28. The molecule has 0 saturated heterocycles. The molecule has 0 radical (unpaired) electrons. The highest BCUT2D eigenvalue weighted by atomic mass is 32.2. The van der Waals surface area contributed by atoms with Gasteiger partial charge in [-0.25, -0.2) is 12.8 Å². The predicted octanol–water partition coefficient (Wildman–Crippen LogP) is 2.94. The maximum atomic E-state index is 13.2. The summed E-state index contributed by atoms with van der Waals surface area (Å²) in [5.74, 6) is -0.744. The Morgan fingerprint density at radius 1 is 1.26 bits per heavy atom. The number of sulfone groups is 1. The Hall–Kier alpha value is -1.41. The van der Waals surface area contributed by atoms with E-state index in [0.29, 0.717) is 12.8 Å². The Morgan fingerprint density at radius 3 is 2.58 bits per heavy atom. The van der Waals surface area contributed by atoms with Crippen LogP contribution in [0.1, 0.15) is 43.2 Å². The van der Waals surface area contributed by atoms with Crippen molar-refractivity contribution in [2.75, 3.05) is 0 Å². The van der Waals surface area contributed by atoms with E-state index in [2.05, 4.69) is 0 Å². The van der Waals surface area contributed by atoms with Crippen LogP contribution in [0, 0.1) is 17.1 Å². The lowest BCUT2D eigenvalue weighted by molar-refractivity contribution is 0.483. The summed E-state index contributed by atoms with van der Waals surface area (Å²) in [4.78, 5) is 0. The van der Waals surface area contributed by atoms with E-state index in [1.807, 2.05) is 6.07 Å². The predicted molar refractivity (Wildman–Crippen MR) is 70.6 cm³/mol. The minimum absolute atomic E-state index is 0.237. The molecule has 3 nitrogen and oxygen atoms in total. The zero-order valence-corrected chi connectivity index (χ0v) is 11.4. The van der Waals surface area contributed by atoms with Gasteiger partial charge in [-0.05, 0) is 36.6 Å². The summed E-state index contributed by atoms with van der Waals surface area (Å²) in [6.07, 6.45) is 4.30. The summed E-state index contributed by atoms with van der Waals surface area (Å²) < 4.78 is 37.8. The summed E-state index contributed by atoms with van der Waals surface area (Å²) in [7, 11) is -3.30. The van der Waals surface area contributed by atoms with Gasteiger partial charge in [-0.15, -0.1) is 0 Å². The van der Waals surface area contributed by atoms with Crippen LogP contribution in [0.4, 0.5) is 4.39 Å². The summed E-state index contributed by atoms with van der Waals surface area (Å²) >= 11 is 0. The van der Waals surface area contributed by atoms with E-state index in [-0.39, 0.29) is 22.1 Å². The van der Waals surface area contributed by atoms with Gasteiger partial charge < -0.3 is 0 Å². The Bertz CT molecular complexity index is 598. The summed E-state index contributed by atoms with van der Waals surface area (Å²) in [5.41, 5.74) is 0.508. The van der Waals surface area contributed by atoms with Gasteiger partial charge in [-0.1, -0.05) is 19.3 Å². The number of nitrogens with zero attached hydrogens (tertiary/aromatic N) is 1. The van der Waals surface area contributed by atoms with Gasteiger partial charge in [0.25, 0.3) is 0 Å². The number of rotatable bonds is 3. The minimum Gasteiger partial charge on any atom is -0.228 e. The molecule has 0 aliphatic heterocycles. The topological polar surface area (TPSA) is 57.9 Å². The third kappa shape index (κ3) is 3.32. The van der Waals surface area contributed by atoms with Crippen molar-refractivity contribution < 1.29 is 12.8 Å². The molecular formula is C14H16FNO2S. The molecule has 0 atom stereocenters. The first kappa shape index (κ1) is 14.0. The van der Waals surface area contributed by atoms with E-state index in [1.54, 1.807) is 0 Å². The van der Waals surface area contributed by atoms with E-state index in [0.717, 1.165) is 25.3 Å². The fraction of sp³-hybridized carbons (Fsp3) is 0.500. The van der Waals surface area contributed by atoms with Crippen LogP contribution in [-0.2, 0) is 15.6 Å². The average molecular weight is 281 g/mol. The van der Waals surface area contributed by atoms with Crippen molar-refractivity contribution in [1.82, 2.24) is 0 Å². The zero-order chi connectivity index (χ0) is 13.9. The minimum atomic E-state index is -3.30. The Kier molecular flexibility index (Phi) is 4.20. The molecule has 1 aliphatic carbocycles. The van der Waals surface area contributed by atoms with Crippen LogP contribution < -0.4 is 0 Å². The van der Waals surface area contributed by atoms with E-state index >= 15 is 0 Å². The number of nitriles is 1. The van der Waals surface area contributed by atoms with Gasteiger partial charge in [0.2, 0.25) is 0 Å². The summed E-state index contributed by atoms with van der Waals surface area (Å²) in [6.45, 7) is 0. The van der Waals surface area contributed by atoms with Crippen molar-refractivity contribution in [3.05, 3.63) is 35.1 Å². The van der Waals surface area contributed by atoms with Crippen molar-refractivity contribution in [2.45, 2.75) is 43.1 Å². The smallest absolute Gasteiger partial charge is 0.157 e. The molecule has 0 heterocycles. The highest BCUT2D eigenvalue weighted by molar-refractivity contribution is 7.91. The number of benzene rings is 1. The van der Waals surface area contributed by atoms with Crippen molar-refractivity contribution in [2.24, 2.45) is 0 Å². The van der Waals surface area contributed by atoms with Crippen molar-refractivity contribution >= 4 is 9.84 Å². The first-order valence-electron chi connectivity index (χ1n) is 6.43. The molecule has 1 fully saturated rings. The van der Waals surface area contributed by atoms with E-state index in [9.17, 15) is 12.8 Å². The molecule has 0 aromatic heterocycles. The molecule has 1 aromatic rings. The van der Waals surface area contributed by atoms with Crippen LogP contribution in [0.3, 0.4) is 0 Å². The maximum Gasteiger partial charge on any atom is 0.157 e. The molecule has 0 bridgehead atoms. The second-order valence-electron chi connectivity index (χ2n) is 4.98. The quantitative estimate of drug-likeness (QED) is 0.856. The highest BCUT2D eigenvalue weighted by Crippen LogP contribution is 2.27. The standard InChI is InChI=1S/C14H16FNO2S/c15-13-7-6-11(9-16)12(8-13)10-19(17,18)14-4-2-1-3-5-14/h6-8,14H,1-5,10H2. The average Bonchev–Trinajstić information content (AvgIpc) is 2.39. The largest absolute Gasteiger partial charge is 0.228 e. The molecular weight excluding hydrogens is 265 g/mol. The number of hydrogen-bond acceptors (Lipinski definition) is 3. The lowest BCUT2D eigenvalue weighted by Crippen LogP contribution is -2.25.